The minimum absolute atomic E-state index is 0.0813. The molecule has 7 heteroatoms. The highest BCUT2D eigenvalue weighted by molar-refractivity contribution is 6.42. The van der Waals surface area contributed by atoms with Crippen molar-refractivity contribution in [1.82, 2.24) is 5.43 Å². The minimum atomic E-state index is -0.493. The van der Waals surface area contributed by atoms with E-state index in [1.165, 1.54) is 6.07 Å². The molecule has 0 spiro atoms. The number of halogens is 2. The zero-order valence-corrected chi connectivity index (χ0v) is 17.1. The summed E-state index contributed by atoms with van der Waals surface area (Å²) in [4.78, 5) is 24.3. The summed E-state index contributed by atoms with van der Waals surface area (Å²) in [6.07, 6.45) is 0. The molecule has 0 aromatic heterocycles. The van der Waals surface area contributed by atoms with Crippen LogP contribution in [0.2, 0.25) is 10.0 Å². The van der Waals surface area contributed by atoms with Gasteiger partial charge in [0.2, 0.25) is 5.91 Å². The molecule has 0 fully saturated rings. The fourth-order valence-corrected chi connectivity index (χ4v) is 2.34. The highest BCUT2D eigenvalue weighted by Crippen LogP contribution is 2.22. The molecule has 0 heterocycles. The number of hydrazone groups is 1. The third kappa shape index (κ3) is 5.81. The van der Waals surface area contributed by atoms with Gasteiger partial charge in [-0.3, -0.25) is 9.59 Å². The smallest absolute Gasteiger partial charge is 0.271 e. The van der Waals surface area contributed by atoms with Crippen molar-refractivity contribution in [3.63, 3.8) is 0 Å². The highest BCUT2D eigenvalue weighted by Gasteiger charge is 2.21. The first kappa shape index (κ1) is 20.9. The molecule has 142 valence electrons. The highest BCUT2D eigenvalue weighted by atomic mass is 35.5. The van der Waals surface area contributed by atoms with Gasteiger partial charge in [0.25, 0.3) is 5.91 Å². The Hall–Kier alpha value is -2.37. The number of anilines is 1. The number of carbonyl (C=O) groups excluding carboxylic acids is 2. The molecule has 0 saturated heterocycles. The monoisotopic (exact) mass is 405 g/mol. The Morgan fingerprint density at radius 2 is 1.67 bits per heavy atom. The summed E-state index contributed by atoms with van der Waals surface area (Å²) in [5.41, 5.74) is 4.38. The van der Waals surface area contributed by atoms with Crippen LogP contribution in [-0.2, 0) is 4.79 Å². The third-order valence-corrected chi connectivity index (χ3v) is 4.47. The van der Waals surface area contributed by atoms with Crippen LogP contribution in [0.4, 0.5) is 5.69 Å². The molecule has 2 aromatic rings. The molecule has 0 aliphatic rings. The molecule has 0 bridgehead atoms. The van der Waals surface area contributed by atoms with E-state index in [1.807, 2.05) is 32.9 Å². The number of benzene rings is 2. The number of nitrogens with zero attached hydrogens (tertiary/aromatic N) is 1. The molecular weight excluding hydrogens is 385 g/mol. The second kappa shape index (κ2) is 8.55. The Kier molecular flexibility index (Phi) is 6.63. The Labute approximate surface area is 168 Å². The Bertz CT molecular complexity index is 902. The van der Waals surface area contributed by atoms with Gasteiger partial charge in [-0.2, -0.15) is 5.10 Å². The van der Waals surface area contributed by atoms with E-state index in [0.717, 1.165) is 5.56 Å². The van der Waals surface area contributed by atoms with Crippen LogP contribution in [0.15, 0.2) is 47.6 Å². The lowest BCUT2D eigenvalue weighted by molar-refractivity contribution is -0.123. The van der Waals surface area contributed by atoms with Gasteiger partial charge in [0.15, 0.2) is 0 Å². The van der Waals surface area contributed by atoms with Crippen LogP contribution in [-0.4, -0.2) is 17.5 Å². The maximum atomic E-state index is 12.2. The first-order valence-corrected chi connectivity index (χ1v) is 9.05. The second-order valence-corrected chi connectivity index (χ2v) is 7.87. The van der Waals surface area contributed by atoms with Crippen molar-refractivity contribution in [3.8, 4) is 0 Å². The number of amides is 2. The summed E-state index contributed by atoms with van der Waals surface area (Å²) in [7, 11) is 0. The molecule has 0 aliphatic carbocycles. The molecule has 2 aromatic carbocycles. The Balaban J connectivity index is 2.11. The molecule has 2 N–H and O–H groups in total. The maximum absolute atomic E-state index is 12.2. The first-order valence-electron chi connectivity index (χ1n) is 8.29. The predicted molar refractivity (Wildman–Crippen MR) is 111 cm³/mol. The van der Waals surface area contributed by atoms with E-state index >= 15 is 0 Å². The molecule has 0 unspecified atom stereocenters. The zero-order chi connectivity index (χ0) is 20.2. The molecule has 0 atom stereocenters. The van der Waals surface area contributed by atoms with Crippen molar-refractivity contribution in [2.24, 2.45) is 10.5 Å². The molecule has 5 nitrogen and oxygen atoms in total. The molecular formula is C20H21Cl2N3O2. The van der Waals surface area contributed by atoms with Crippen LogP contribution in [0.1, 0.15) is 43.6 Å². The van der Waals surface area contributed by atoms with Gasteiger partial charge in [0, 0.05) is 16.7 Å². The first-order chi connectivity index (χ1) is 12.6. The summed E-state index contributed by atoms with van der Waals surface area (Å²) in [6, 6.07) is 11.9. The van der Waals surface area contributed by atoms with Gasteiger partial charge in [-0.05, 0) is 42.8 Å². The van der Waals surface area contributed by atoms with Crippen LogP contribution < -0.4 is 10.7 Å². The van der Waals surface area contributed by atoms with Gasteiger partial charge in [0.1, 0.15) is 0 Å². The fraction of sp³-hybridized carbons (Fsp3) is 0.250. The molecule has 2 amide bonds. The summed E-state index contributed by atoms with van der Waals surface area (Å²) in [5, 5.41) is 7.67. The predicted octanol–water partition coefficient (Wildman–Crippen LogP) is 5.13. The summed E-state index contributed by atoms with van der Waals surface area (Å²) in [5.74, 6) is -0.479. The van der Waals surface area contributed by atoms with Gasteiger partial charge >= 0.3 is 0 Å². The van der Waals surface area contributed by atoms with Gasteiger partial charge in [-0.15, -0.1) is 0 Å². The lowest BCUT2D eigenvalue weighted by atomic mass is 9.95. The van der Waals surface area contributed by atoms with Crippen LogP contribution in [0.3, 0.4) is 0 Å². The van der Waals surface area contributed by atoms with Crippen LogP contribution in [0.25, 0.3) is 0 Å². The number of hydrogen-bond donors (Lipinski definition) is 2. The topological polar surface area (TPSA) is 70.6 Å². The van der Waals surface area contributed by atoms with Gasteiger partial charge in [0.05, 0.1) is 15.8 Å². The lowest BCUT2D eigenvalue weighted by Gasteiger charge is -2.18. The quantitative estimate of drug-likeness (QED) is 0.546. The molecule has 0 radical (unpaired) electrons. The number of rotatable bonds is 4. The molecule has 2 rings (SSSR count). The molecule has 0 saturated carbocycles. The van der Waals surface area contributed by atoms with Crippen molar-refractivity contribution >= 4 is 46.4 Å². The Morgan fingerprint density at radius 3 is 2.30 bits per heavy atom. The van der Waals surface area contributed by atoms with Crippen molar-refractivity contribution in [2.45, 2.75) is 27.7 Å². The fourth-order valence-electron chi connectivity index (χ4n) is 2.04. The van der Waals surface area contributed by atoms with E-state index in [1.54, 1.807) is 31.2 Å². The van der Waals surface area contributed by atoms with E-state index in [2.05, 4.69) is 15.8 Å². The second-order valence-electron chi connectivity index (χ2n) is 7.05. The summed E-state index contributed by atoms with van der Waals surface area (Å²) in [6.45, 7) is 7.30. The van der Waals surface area contributed by atoms with Crippen molar-refractivity contribution in [2.75, 3.05) is 5.32 Å². The van der Waals surface area contributed by atoms with E-state index < -0.39 is 11.3 Å². The van der Waals surface area contributed by atoms with Crippen molar-refractivity contribution in [1.29, 1.82) is 0 Å². The third-order valence-electron chi connectivity index (χ3n) is 3.73. The minimum Gasteiger partial charge on any atom is -0.326 e. The van der Waals surface area contributed by atoms with Gasteiger partial charge in [-0.1, -0.05) is 56.1 Å². The van der Waals surface area contributed by atoms with E-state index in [0.29, 0.717) is 27.0 Å². The van der Waals surface area contributed by atoms with Crippen molar-refractivity contribution in [3.05, 3.63) is 63.6 Å². The Morgan fingerprint density at radius 1 is 0.963 bits per heavy atom. The zero-order valence-electron chi connectivity index (χ0n) is 15.6. The largest absolute Gasteiger partial charge is 0.326 e. The van der Waals surface area contributed by atoms with Gasteiger partial charge < -0.3 is 5.32 Å². The normalized spacial score (nSPS) is 11.9. The van der Waals surface area contributed by atoms with Crippen LogP contribution in [0, 0.1) is 5.41 Å². The lowest BCUT2D eigenvalue weighted by Crippen LogP contribution is -2.27. The maximum Gasteiger partial charge on any atom is 0.271 e. The number of nitrogens with one attached hydrogen (secondary N) is 2. The SMILES string of the molecule is C/C(=N/NC(=O)c1ccc(Cl)c(Cl)c1)c1cccc(NC(=O)C(C)(C)C)c1. The van der Waals surface area contributed by atoms with E-state index in [4.69, 9.17) is 23.2 Å². The number of carbonyl (C=O) groups is 2. The van der Waals surface area contributed by atoms with Crippen molar-refractivity contribution < 1.29 is 9.59 Å². The van der Waals surface area contributed by atoms with Crippen LogP contribution in [0.5, 0.6) is 0 Å². The van der Waals surface area contributed by atoms with E-state index in [9.17, 15) is 9.59 Å². The van der Waals surface area contributed by atoms with E-state index in [-0.39, 0.29) is 5.91 Å². The summed E-state index contributed by atoms with van der Waals surface area (Å²) >= 11 is 11.8. The average Bonchev–Trinajstić information content (AvgIpc) is 2.61. The molecule has 0 aliphatic heterocycles. The average molecular weight is 406 g/mol. The number of hydrogen-bond acceptors (Lipinski definition) is 3. The standard InChI is InChI=1S/C20H21Cl2N3O2/c1-12(24-25-18(26)14-8-9-16(21)17(22)11-14)13-6-5-7-15(10-13)23-19(27)20(2,3)4/h5-11H,1-4H3,(H,23,27)(H,25,26)/b24-12-. The van der Waals surface area contributed by atoms with Crippen LogP contribution >= 0.6 is 23.2 Å². The van der Waals surface area contributed by atoms with Gasteiger partial charge in [-0.25, -0.2) is 5.43 Å². The summed E-state index contributed by atoms with van der Waals surface area (Å²) < 4.78 is 0. The molecule has 27 heavy (non-hydrogen) atoms.